The summed E-state index contributed by atoms with van der Waals surface area (Å²) >= 11 is 0. The van der Waals surface area contributed by atoms with E-state index < -0.39 is 0 Å². The molecule has 0 atom stereocenters. The normalized spacial score (nSPS) is 8.00. The van der Waals surface area contributed by atoms with Gasteiger partial charge in [0.1, 0.15) is 0 Å². The summed E-state index contributed by atoms with van der Waals surface area (Å²) in [7, 11) is 0. The van der Waals surface area contributed by atoms with Crippen LogP contribution >= 0.6 is 0 Å². The van der Waals surface area contributed by atoms with Crippen LogP contribution in [0.4, 0.5) is 0 Å². The molecule has 11 heavy (non-hydrogen) atoms. The Morgan fingerprint density at radius 1 is 0.818 bits per heavy atom. The highest BCUT2D eigenvalue weighted by molar-refractivity contribution is 5.53. The van der Waals surface area contributed by atoms with Gasteiger partial charge < -0.3 is 0 Å². The van der Waals surface area contributed by atoms with E-state index in [-0.39, 0.29) is 7.43 Å². The van der Waals surface area contributed by atoms with E-state index in [4.69, 9.17) is 0 Å². The molecule has 0 heterocycles. The van der Waals surface area contributed by atoms with Crippen molar-refractivity contribution in [3.63, 3.8) is 0 Å². The van der Waals surface area contributed by atoms with Crippen molar-refractivity contribution in [3.8, 4) is 0 Å². The van der Waals surface area contributed by atoms with Crippen LogP contribution in [0.15, 0.2) is 37.4 Å². The molecule has 0 aromatic heterocycles. The molecule has 0 fully saturated rings. The van der Waals surface area contributed by atoms with Crippen LogP contribution in [0, 0.1) is 7.43 Å². The highest BCUT2D eigenvalue weighted by Crippen LogP contribution is 2.05. The van der Waals surface area contributed by atoms with E-state index in [1.54, 1.807) is 0 Å². The van der Waals surface area contributed by atoms with Crippen LogP contribution in [0.5, 0.6) is 0 Å². The van der Waals surface area contributed by atoms with Crippen LogP contribution in [-0.4, -0.2) is 0 Å². The van der Waals surface area contributed by atoms with Crippen molar-refractivity contribution in [2.75, 3.05) is 0 Å². The fourth-order valence-corrected chi connectivity index (χ4v) is 0.768. The van der Waals surface area contributed by atoms with Crippen molar-refractivity contribution < 1.29 is 0 Å². The maximum absolute atomic E-state index is 3.66. The van der Waals surface area contributed by atoms with Gasteiger partial charge in [0, 0.05) is 0 Å². The Balaban J connectivity index is 0.000001000. The second kappa shape index (κ2) is 4.51. The lowest BCUT2D eigenvalue weighted by atomic mass is 10.1. The zero-order valence-corrected chi connectivity index (χ0v) is 6.88. The zero-order valence-electron chi connectivity index (χ0n) is 6.88. The third-order valence-corrected chi connectivity index (χ3v) is 1.41. The first kappa shape index (κ1) is 9.70. The summed E-state index contributed by atoms with van der Waals surface area (Å²) in [5.74, 6) is 0. The van der Waals surface area contributed by atoms with Gasteiger partial charge in [0.2, 0.25) is 0 Å². The predicted molar refractivity (Wildman–Crippen MR) is 53.0 cm³/mol. The van der Waals surface area contributed by atoms with Crippen molar-refractivity contribution in [1.82, 2.24) is 0 Å². The van der Waals surface area contributed by atoms with Crippen molar-refractivity contribution in [1.29, 1.82) is 0 Å². The lowest BCUT2D eigenvalue weighted by Crippen LogP contribution is -1.71. The summed E-state index contributed by atoms with van der Waals surface area (Å²) in [6.45, 7) is 7.32. The van der Waals surface area contributed by atoms with E-state index in [0.717, 1.165) is 11.1 Å². The van der Waals surface area contributed by atoms with Gasteiger partial charge in [0.25, 0.3) is 0 Å². The largest absolute Gasteiger partial charge is 0.0985 e. The lowest BCUT2D eigenvalue weighted by Gasteiger charge is -1.92. The Morgan fingerprint density at radius 2 is 1.09 bits per heavy atom. The van der Waals surface area contributed by atoms with Crippen molar-refractivity contribution in [2.24, 2.45) is 0 Å². The molecule has 0 bridgehead atoms. The lowest BCUT2D eigenvalue weighted by molar-refractivity contribution is 1.63. The topological polar surface area (TPSA) is 0 Å². The van der Waals surface area contributed by atoms with Gasteiger partial charge in [-0.1, -0.05) is 57.0 Å². The average molecular weight is 145 g/mol. The number of rotatable bonds is 2. The van der Waals surface area contributed by atoms with Crippen LogP contribution in [0.2, 0.25) is 0 Å². The molecule has 57 valence electrons. The summed E-state index contributed by atoms with van der Waals surface area (Å²) < 4.78 is 0. The van der Waals surface area contributed by atoms with Crippen LogP contribution in [0.3, 0.4) is 0 Å². The maximum Gasteiger partial charge on any atom is -0.0262 e. The molecular formula is C11H13. The summed E-state index contributed by atoms with van der Waals surface area (Å²) in [5.41, 5.74) is 2.29. The van der Waals surface area contributed by atoms with Gasteiger partial charge in [0.05, 0.1) is 0 Å². The maximum atomic E-state index is 3.66. The van der Waals surface area contributed by atoms with E-state index in [1.165, 1.54) is 0 Å². The molecule has 0 amide bonds. The van der Waals surface area contributed by atoms with Gasteiger partial charge in [-0.25, -0.2) is 0 Å². The molecule has 0 saturated carbocycles. The van der Waals surface area contributed by atoms with Crippen molar-refractivity contribution in [3.05, 3.63) is 56.0 Å². The molecule has 0 heteroatoms. The van der Waals surface area contributed by atoms with E-state index in [1.807, 2.05) is 36.4 Å². The number of hydrogen-bond donors (Lipinski definition) is 0. The first-order chi connectivity index (χ1) is 4.86. The molecule has 0 aliphatic carbocycles. The summed E-state index contributed by atoms with van der Waals surface area (Å²) in [6, 6.07) is 8.07. The Morgan fingerprint density at radius 3 is 1.27 bits per heavy atom. The fourth-order valence-electron chi connectivity index (χ4n) is 0.768. The van der Waals surface area contributed by atoms with E-state index >= 15 is 0 Å². The molecule has 0 N–H and O–H groups in total. The van der Waals surface area contributed by atoms with Gasteiger partial charge >= 0.3 is 0 Å². The minimum atomic E-state index is 0. The number of benzene rings is 1. The Bertz CT molecular complexity index is 202. The molecule has 1 rings (SSSR count). The second-order valence-corrected chi connectivity index (χ2v) is 2.07. The van der Waals surface area contributed by atoms with Crippen molar-refractivity contribution >= 4 is 12.2 Å². The van der Waals surface area contributed by atoms with Gasteiger partial charge in [0.15, 0.2) is 0 Å². The molecular weight excluding hydrogens is 132 g/mol. The van der Waals surface area contributed by atoms with Crippen LogP contribution < -0.4 is 0 Å². The van der Waals surface area contributed by atoms with Gasteiger partial charge in [-0.2, -0.15) is 0 Å². The predicted octanol–water partition coefficient (Wildman–Crippen LogP) is 3.42. The monoisotopic (exact) mass is 145 g/mol. The second-order valence-electron chi connectivity index (χ2n) is 2.07. The third-order valence-electron chi connectivity index (χ3n) is 1.41. The molecule has 0 aliphatic rings. The Hall–Kier alpha value is -1.30. The molecule has 0 spiro atoms. The van der Waals surface area contributed by atoms with E-state index in [9.17, 15) is 0 Å². The first-order valence-electron chi connectivity index (χ1n) is 3.22. The van der Waals surface area contributed by atoms with Crippen molar-refractivity contribution in [2.45, 2.75) is 0 Å². The molecule has 1 radical (unpaired) electrons. The third kappa shape index (κ3) is 2.42. The van der Waals surface area contributed by atoms with Crippen LogP contribution in [0.1, 0.15) is 11.1 Å². The first-order valence-corrected chi connectivity index (χ1v) is 3.22. The van der Waals surface area contributed by atoms with Crippen LogP contribution in [0.25, 0.3) is 12.2 Å². The SMILES string of the molecule is C=Cc1ccc(C=C)cc1.[CH3]. The molecule has 0 nitrogen and oxygen atoms in total. The standard InChI is InChI=1S/C10H10.CH3/c1-3-9-5-7-10(4-2)8-6-9;/h3-8H,1-2H2;1H3. The average Bonchev–Trinajstić information content (AvgIpc) is 2.05. The summed E-state index contributed by atoms with van der Waals surface area (Å²) in [6.07, 6.45) is 3.65. The Kier molecular flexibility index (Phi) is 3.97. The zero-order chi connectivity index (χ0) is 7.40. The smallest absolute Gasteiger partial charge is 0.0262 e. The number of hydrogen-bond acceptors (Lipinski definition) is 0. The Labute approximate surface area is 68.9 Å². The molecule has 0 aliphatic heterocycles. The fraction of sp³-hybridized carbons (Fsp3) is 0. The quantitative estimate of drug-likeness (QED) is 0.598. The van der Waals surface area contributed by atoms with E-state index in [2.05, 4.69) is 13.2 Å². The minimum absolute atomic E-state index is 0. The molecule has 1 aromatic carbocycles. The van der Waals surface area contributed by atoms with Gasteiger partial charge in [-0.15, -0.1) is 0 Å². The molecule has 1 aromatic rings. The van der Waals surface area contributed by atoms with Crippen LogP contribution in [-0.2, 0) is 0 Å². The van der Waals surface area contributed by atoms with E-state index in [0.29, 0.717) is 0 Å². The molecule has 0 unspecified atom stereocenters. The van der Waals surface area contributed by atoms with Gasteiger partial charge in [-0.3, -0.25) is 0 Å². The minimum Gasteiger partial charge on any atom is -0.0985 e. The summed E-state index contributed by atoms with van der Waals surface area (Å²) in [5, 5.41) is 0. The highest BCUT2D eigenvalue weighted by Gasteiger charge is 1.84. The highest BCUT2D eigenvalue weighted by atomic mass is 13.9. The summed E-state index contributed by atoms with van der Waals surface area (Å²) in [4.78, 5) is 0. The van der Waals surface area contributed by atoms with Gasteiger partial charge in [-0.05, 0) is 11.1 Å². The molecule has 0 saturated heterocycles.